The molecular weight excluding hydrogens is 256 g/mol. The van der Waals surface area contributed by atoms with Crippen LogP contribution in [0.4, 0.5) is 5.69 Å². The number of benzene rings is 2. The van der Waals surface area contributed by atoms with Crippen molar-refractivity contribution in [2.45, 2.75) is 38.6 Å². The molecule has 1 aliphatic rings. The van der Waals surface area contributed by atoms with Crippen molar-refractivity contribution in [3.63, 3.8) is 0 Å². The average Bonchev–Trinajstić information content (AvgIpc) is 2.54. The minimum atomic E-state index is 0.610. The summed E-state index contributed by atoms with van der Waals surface area (Å²) in [6.07, 6.45) is 5.18. The Kier molecular flexibility index (Phi) is 4.76. The average molecular weight is 282 g/mol. The van der Waals surface area contributed by atoms with Gasteiger partial charge in [-0.15, -0.1) is 0 Å². The van der Waals surface area contributed by atoms with Crippen LogP contribution in [-0.2, 0) is 0 Å². The maximum absolute atomic E-state index is 3.79. The lowest BCUT2D eigenvalue weighted by Gasteiger charge is -2.33. The van der Waals surface area contributed by atoms with Crippen LogP contribution < -0.4 is 10.6 Å². The van der Waals surface area contributed by atoms with Crippen LogP contribution in [-0.4, -0.2) is 19.1 Å². The first kappa shape index (κ1) is 14.4. The predicted molar refractivity (Wildman–Crippen MR) is 91.9 cm³/mol. The van der Waals surface area contributed by atoms with Gasteiger partial charge in [-0.05, 0) is 54.8 Å². The van der Waals surface area contributed by atoms with Gasteiger partial charge in [-0.2, -0.15) is 0 Å². The standard InChI is InChI=1S/C19H26N2/c1-2-3-6-17-14-20-12-11-19(17)21-18-10-9-15-7-4-5-8-16(15)13-18/h4-5,7-10,13,17,19-21H,2-3,6,11-12,14H2,1H3/t17-,19-/m0/s1. The molecule has 21 heavy (non-hydrogen) atoms. The molecule has 0 amide bonds. The van der Waals surface area contributed by atoms with E-state index in [1.54, 1.807) is 0 Å². The lowest BCUT2D eigenvalue weighted by Crippen LogP contribution is -2.43. The van der Waals surface area contributed by atoms with E-state index >= 15 is 0 Å². The lowest BCUT2D eigenvalue weighted by atomic mass is 9.88. The largest absolute Gasteiger partial charge is 0.382 e. The fraction of sp³-hybridized carbons (Fsp3) is 0.474. The molecule has 2 nitrogen and oxygen atoms in total. The van der Waals surface area contributed by atoms with E-state index < -0.39 is 0 Å². The second kappa shape index (κ2) is 6.95. The molecule has 0 saturated carbocycles. The Morgan fingerprint density at radius 2 is 2.00 bits per heavy atom. The number of fused-ring (bicyclic) bond motifs is 1. The molecule has 2 aromatic carbocycles. The van der Waals surface area contributed by atoms with Crippen LogP contribution in [0.25, 0.3) is 10.8 Å². The Morgan fingerprint density at radius 3 is 2.86 bits per heavy atom. The molecule has 3 rings (SSSR count). The van der Waals surface area contributed by atoms with E-state index in [4.69, 9.17) is 0 Å². The highest BCUT2D eigenvalue weighted by atomic mass is 15.0. The number of unbranched alkanes of at least 4 members (excludes halogenated alkanes) is 1. The second-order valence-electron chi connectivity index (χ2n) is 6.21. The molecule has 0 unspecified atom stereocenters. The summed E-state index contributed by atoms with van der Waals surface area (Å²) in [7, 11) is 0. The van der Waals surface area contributed by atoms with Crippen LogP contribution in [0.5, 0.6) is 0 Å². The van der Waals surface area contributed by atoms with Crippen molar-refractivity contribution in [1.29, 1.82) is 0 Å². The summed E-state index contributed by atoms with van der Waals surface area (Å²) in [5, 5.41) is 9.98. The van der Waals surface area contributed by atoms with Crippen molar-refractivity contribution in [1.82, 2.24) is 5.32 Å². The molecule has 112 valence electrons. The van der Waals surface area contributed by atoms with Crippen molar-refractivity contribution in [3.8, 4) is 0 Å². The van der Waals surface area contributed by atoms with E-state index in [0.717, 1.165) is 19.0 Å². The maximum Gasteiger partial charge on any atom is 0.0348 e. The monoisotopic (exact) mass is 282 g/mol. The molecule has 0 spiro atoms. The highest BCUT2D eigenvalue weighted by Crippen LogP contribution is 2.24. The van der Waals surface area contributed by atoms with Gasteiger partial charge >= 0.3 is 0 Å². The molecule has 2 aromatic rings. The van der Waals surface area contributed by atoms with Crippen LogP contribution in [0.15, 0.2) is 42.5 Å². The fourth-order valence-corrected chi connectivity index (χ4v) is 3.38. The Balaban J connectivity index is 1.72. The van der Waals surface area contributed by atoms with Crippen LogP contribution in [0, 0.1) is 5.92 Å². The number of piperidine rings is 1. The number of hydrogen-bond donors (Lipinski definition) is 2. The molecule has 1 saturated heterocycles. The minimum absolute atomic E-state index is 0.610. The van der Waals surface area contributed by atoms with Gasteiger partial charge in [-0.25, -0.2) is 0 Å². The summed E-state index contributed by atoms with van der Waals surface area (Å²) < 4.78 is 0. The van der Waals surface area contributed by atoms with E-state index in [-0.39, 0.29) is 0 Å². The van der Waals surface area contributed by atoms with Crippen LogP contribution in [0.3, 0.4) is 0 Å². The minimum Gasteiger partial charge on any atom is -0.382 e. The summed E-state index contributed by atoms with van der Waals surface area (Å²) in [5.41, 5.74) is 1.27. The highest BCUT2D eigenvalue weighted by Gasteiger charge is 2.24. The zero-order chi connectivity index (χ0) is 14.5. The topological polar surface area (TPSA) is 24.1 Å². The Labute approximate surface area is 127 Å². The number of hydrogen-bond acceptors (Lipinski definition) is 2. The molecule has 0 radical (unpaired) electrons. The SMILES string of the molecule is CCCC[C@H]1CNCC[C@@H]1Nc1ccc2ccccc2c1. The van der Waals surface area contributed by atoms with Gasteiger partial charge in [0.15, 0.2) is 0 Å². The molecule has 1 aliphatic heterocycles. The predicted octanol–water partition coefficient (Wildman–Crippen LogP) is 4.42. The quantitative estimate of drug-likeness (QED) is 0.848. The Bertz CT molecular complexity index is 579. The van der Waals surface area contributed by atoms with E-state index in [1.807, 2.05) is 0 Å². The van der Waals surface area contributed by atoms with Gasteiger partial charge in [0, 0.05) is 11.7 Å². The number of nitrogens with one attached hydrogen (secondary N) is 2. The molecule has 0 bridgehead atoms. The van der Waals surface area contributed by atoms with Gasteiger partial charge in [0.25, 0.3) is 0 Å². The first-order valence-corrected chi connectivity index (χ1v) is 8.33. The summed E-state index contributed by atoms with van der Waals surface area (Å²) in [4.78, 5) is 0. The molecule has 2 N–H and O–H groups in total. The third-order valence-corrected chi connectivity index (χ3v) is 4.64. The number of anilines is 1. The zero-order valence-electron chi connectivity index (χ0n) is 12.9. The van der Waals surface area contributed by atoms with Gasteiger partial charge in [0.1, 0.15) is 0 Å². The fourth-order valence-electron chi connectivity index (χ4n) is 3.38. The molecule has 2 atom stereocenters. The van der Waals surface area contributed by atoms with Gasteiger partial charge in [-0.3, -0.25) is 0 Å². The van der Waals surface area contributed by atoms with Crippen molar-refractivity contribution in [2.24, 2.45) is 5.92 Å². The Morgan fingerprint density at radius 1 is 1.14 bits per heavy atom. The van der Waals surface area contributed by atoms with E-state index in [1.165, 1.54) is 42.1 Å². The zero-order valence-corrected chi connectivity index (χ0v) is 12.9. The summed E-state index contributed by atoms with van der Waals surface area (Å²) in [6.45, 7) is 4.57. The smallest absolute Gasteiger partial charge is 0.0348 e. The molecule has 0 aromatic heterocycles. The van der Waals surface area contributed by atoms with Crippen LogP contribution in [0.2, 0.25) is 0 Å². The molecular formula is C19H26N2. The highest BCUT2D eigenvalue weighted by molar-refractivity contribution is 5.85. The van der Waals surface area contributed by atoms with Gasteiger partial charge < -0.3 is 10.6 Å². The van der Waals surface area contributed by atoms with Gasteiger partial charge in [0.2, 0.25) is 0 Å². The molecule has 0 aliphatic carbocycles. The third kappa shape index (κ3) is 3.56. The third-order valence-electron chi connectivity index (χ3n) is 4.64. The van der Waals surface area contributed by atoms with E-state index in [2.05, 4.69) is 60.0 Å². The van der Waals surface area contributed by atoms with E-state index in [9.17, 15) is 0 Å². The van der Waals surface area contributed by atoms with Crippen molar-refractivity contribution in [2.75, 3.05) is 18.4 Å². The van der Waals surface area contributed by atoms with Crippen molar-refractivity contribution in [3.05, 3.63) is 42.5 Å². The van der Waals surface area contributed by atoms with Crippen molar-refractivity contribution < 1.29 is 0 Å². The Hall–Kier alpha value is -1.54. The van der Waals surface area contributed by atoms with Gasteiger partial charge in [-0.1, -0.05) is 50.1 Å². The first-order valence-electron chi connectivity index (χ1n) is 8.33. The van der Waals surface area contributed by atoms with Gasteiger partial charge in [0.05, 0.1) is 0 Å². The van der Waals surface area contributed by atoms with Crippen LogP contribution >= 0.6 is 0 Å². The molecule has 2 heteroatoms. The lowest BCUT2D eigenvalue weighted by molar-refractivity contribution is 0.319. The van der Waals surface area contributed by atoms with Crippen molar-refractivity contribution >= 4 is 16.5 Å². The second-order valence-corrected chi connectivity index (χ2v) is 6.21. The maximum atomic E-state index is 3.79. The normalized spacial score (nSPS) is 22.3. The number of rotatable bonds is 5. The van der Waals surface area contributed by atoms with Crippen LogP contribution in [0.1, 0.15) is 32.6 Å². The molecule has 1 fully saturated rings. The summed E-state index contributed by atoms with van der Waals surface area (Å²) in [5.74, 6) is 0.755. The molecule has 1 heterocycles. The summed E-state index contributed by atoms with van der Waals surface area (Å²) >= 11 is 0. The van der Waals surface area contributed by atoms with E-state index in [0.29, 0.717) is 6.04 Å². The first-order chi connectivity index (χ1) is 10.4. The summed E-state index contributed by atoms with van der Waals surface area (Å²) in [6, 6.07) is 15.9.